The monoisotopic (exact) mass is 410 g/mol. The van der Waals surface area contributed by atoms with Gasteiger partial charge >= 0.3 is 0 Å². The van der Waals surface area contributed by atoms with Gasteiger partial charge in [0.1, 0.15) is 0 Å². The molecule has 158 valence electrons. The van der Waals surface area contributed by atoms with Crippen molar-refractivity contribution < 1.29 is 0 Å². The summed E-state index contributed by atoms with van der Waals surface area (Å²) in [5.41, 5.74) is 3.63. The molecular formula is C26H38N2S. The molecule has 1 aliphatic carbocycles. The predicted molar refractivity (Wildman–Crippen MR) is 131 cm³/mol. The van der Waals surface area contributed by atoms with Gasteiger partial charge in [-0.1, -0.05) is 70.1 Å². The van der Waals surface area contributed by atoms with Crippen LogP contribution in [0.4, 0.5) is 17.1 Å². The molecule has 1 fully saturated rings. The van der Waals surface area contributed by atoms with E-state index in [0.29, 0.717) is 6.04 Å². The van der Waals surface area contributed by atoms with Gasteiger partial charge in [-0.3, -0.25) is 0 Å². The molecule has 2 N–H and O–H groups in total. The first-order valence-corrected chi connectivity index (χ1v) is 12.5. The minimum absolute atomic E-state index is 0.519. The van der Waals surface area contributed by atoms with Gasteiger partial charge in [-0.25, -0.2) is 0 Å². The maximum atomic E-state index is 3.82. The van der Waals surface area contributed by atoms with Crippen LogP contribution in [0.5, 0.6) is 0 Å². The van der Waals surface area contributed by atoms with Gasteiger partial charge in [0.15, 0.2) is 0 Å². The molecule has 2 aromatic carbocycles. The van der Waals surface area contributed by atoms with E-state index in [1.165, 1.54) is 80.5 Å². The minimum Gasteiger partial charge on any atom is -0.382 e. The summed E-state index contributed by atoms with van der Waals surface area (Å²) in [5, 5.41) is 8.15. The van der Waals surface area contributed by atoms with Gasteiger partial charge in [-0.05, 0) is 56.5 Å². The lowest BCUT2D eigenvalue weighted by Gasteiger charge is -2.24. The smallest absolute Gasteiger partial charge is 0.0482 e. The summed E-state index contributed by atoms with van der Waals surface area (Å²) in [7, 11) is 0. The van der Waals surface area contributed by atoms with Crippen LogP contribution in [0.1, 0.15) is 78.1 Å². The van der Waals surface area contributed by atoms with Gasteiger partial charge in [-0.15, -0.1) is 11.8 Å². The van der Waals surface area contributed by atoms with Crippen molar-refractivity contribution in [3.63, 3.8) is 0 Å². The molecular weight excluding hydrogens is 372 g/mol. The summed E-state index contributed by atoms with van der Waals surface area (Å²) in [5.74, 6) is 0. The SMILES string of the molecule is CCCCCCC(C)Nc1ccc(Nc2ccccc2)cc1SC1CCCCC1. The highest BCUT2D eigenvalue weighted by Gasteiger charge is 2.17. The first kappa shape index (κ1) is 22.1. The van der Waals surface area contributed by atoms with E-state index >= 15 is 0 Å². The number of thioether (sulfide) groups is 1. The van der Waals surface area contributed by atoms with Crippen LogP contribution in [0.15, 0.2) is 53.4 Å². The normalized spacial score (nSPS) is 15.8. The van der Waals surface area contributed by atoms with E-state index in [1.807, 2.05) is 0 Å². The van der Waals surface area contributed by atoms with E-state index < -0.39 is 0 Å². The quantitative estimate of drug-likeness (QED) is 0.362. The summed E-state index contributed by atoms with van der Waals surface area (Å²) in [6, 6.07) is 17.8. The third-order valence-corrected chi connectivity index (χ3v) is 7.18. The lowest BCUT2D eigenvalue weighted by Crippen LogP contribution is -2.16. The van der Waals surface area contributed by atoms with E-state index in [4.69, 9.17) is 0 Å². The molecule has 1 unspecified atom stereocenters. The van der Waals surface area contributed by atoms with Gasteiger partial charge < -0.3 is 10.6 Å². The molecule has 0 spiro atoms. The fourth-order valence-corrected chi connectivity index (χ4v) is 5.46. The van der Waals surface area contributed by atoms with Gasteiger partial charge in [-0.2, -0.15) is 0 Å². The van der Waals surface area contributed by atoms with Crippen molar-refractivity contribution >= 4 is 28.8 Å². The molecule has 0 aliphatic heterocycles. The molecule has 0 aromatic heterocycles. The predicted octanol–water partition coefficient (Wildman–Crippen LogP) is 8.63. The van der Waals surface area contributed by atoms with E-state index in [1.54, 1.807) is 0 Å². The van der Waals surface area contributed by atoms with E-state index in [0.717, 1.165) is 10.9 Å². The summed E-state index contributed by atoms with van der Waals surface area (Å²) in [6.07, 6.45) is 13.5. The lowest BCUT2D eigenvalue weighted by atomic mass is 10.0. The van der Waals surface area contributed by atoms with Crippen LogP contribution in [0, 0.1) is 0 Å². The highest BCUT2D eigenvalue weighted by Crippen LogP contribution is 2.39. The summed E-state index contributed by atoms with van der Waals surface area (Å²) in [6.45, 7) is 4.61. The van der Waals surface area contributed by atoms with Crippen molar-refractivity contribution in [2.24, 2.45) is 0 Å². The molecule has 3 heteroatoms. The Morgan fingerprint density at radius 3 is 2.48 bits per heavy atom. The zero-order valence-corrected chi connectivity index (χ0v) is 19.1. The average Bonchev–Trinajstić information content (AvgIpc) is 2.75. The Hall–Kier alpha value is -1.61. The van der Waals surface area contributed by atoms with Gasteiger partial charge in [0, 0.05) is 33.2 Å². The second kappa shape index (κ2) is 12.2. The number of hydrogen-bond donors (Lipinski definition) is 2. The topological polar surface area (TPSA) is 24.1 Å². The van der Waals surface area contributed by atoms with E-state index in [9.17, 15) is 0 Å². The van der Waals surface area contributed by atoms with Crippen molar-refractivity contribution in [2.75, 3.05) is 10.6 Å². The molecule has 2 aromatic rings. The van der Waals surface area contributed by atoms with Crippen LogP contribution in [0.3, 0.4) is 0 Å². The Kier molecular flexibility index (Phi) is 9.27. The molecule has 2 nitrogen and oxygen atoms in total. The minimum atomic E-state index is 0.519. The molecule has 29 heavy (non-hydrogen) atoms. The third-order valence-electron chi connectivity index (χ3n) is 5.78. The van der Waals surface area contributed by atoms with Crippen molar-refractivity contribution in [3.05, 3.63) is 48.5 Å². The van der Waals surface area contributed by atoms with Gasteiger partial charge in [0.05, 0.1) is 0 Å². The summed E-state index contributed by atoms with van der Waals surface area (Å²) < 4.78 is 0. The second-order valence-electron chi connectivity index (χ2n) is 8.47. The molecule has 1 saturated carbocycles. The Morgan fingerprint density at radius 1 is 0.931 bits per heavy atom. The zero-order chi connectivity index (χ0) is 20.3. The number of nitrogens with one attached hydrogen (secondary N) is 2. The standard InChI is InChI=1S/C26H38N2S/c1-3-4-5-8-13-21(2)27-25-19-18-23(28-22-14-9-6-10-15-22)20-26(25)29-24-16-11-7-12-17-24/h6,9-10,14-15,18-21,24,27-28H,3-5,7-8,11-13,16-17H2,1-2H3. The van der Waals surface area contributed by atoms with E-state index in [-0.39, 0.29) is 0 Å². The molecule has 3 rings (SSSR count). The first-order chi connectivity index (χ1) is 14.2. The van der Waals surface area contributed by atoms with Crippen molar-refractivity contribution in [3.8, 4) is 0 Å². The first-order valence-electron chi connectivity index (χ1n) is 11.6. The average molecular weight is 411 g/mol. The lowest BCUT2D eigenvalue weighted by molar-refractivity contribution is 0.516. The molecule has 0 bridgehead atoms. The Labute approximate surface area is 182 Å². The highest BCUT2D eigenvalue weighted by atomic mass is 32.2. The number of unbranched alkanes of at least 4 members (excludes halogenated alkanes) is 3. The van der Waals surface area contributed by atoms with Crippen LogP contribution in [-0.4, -0.2) is 11.3 Å². The van der Waals surface area contributed by atoms with Gasteiger partial charge in [0.2, 0.25) is 0 Å². The maximum Gasteiger partial charge on any atom is 0.0482 e. The second-order valence-corrected chi connectivity index (χ2v) is 9.82. The molecule has 0 radical (unpaired) electrons. The van der Waals surface area contributed by atoms with Crippen molar-refractivity contribution in [2.45, 2.75) is 94.2 Å². The zero-order valence-electron chi connectivity index (χ0n) is 18.3. The fourth-order valence-electron chi connectivity index (χ4n) is 4.08. The molecule has 1 atom stereocenters. The largest absolute Gasteiger partial charge is 0.382 e. The highest BCUT2D eigenvalue weighted by molar-refractivity contribution is 8.00. The molecule has 0 amide bonds. The Balaban J connectivity index is 1.69. The third kappa shape index (κ3) is 7.62. The number of hydrogen-bond acceptors (Lipinski definition) is 3. The van der Waals surface area contributed by atoms with Crippen LogP contribution in [-0.2, 0) is 0 Å². The van der Waals surface area contributed by atoms with Crippen LogP contribution >= 0.6 is 11.8 Å². The summed E-state index contributed by atoms with van der Waals surface area (Å²) >= 11 is 2.09. The maximum absolute atomic E-state index is 3.82. The summed E-state index contributed by atoms with van der Waals surface area (Å²) in [4.78, 5) is 1.40. The molecule has 1 aliphatic rings. The van der Waals surface area contributed by atoms with Crippen LogP contribution in [0.25, 0.3) is 0 Å². The Morgan fingerprint density at radius 2 is 1.72 bits per heavy atom. The number of benzene rings is 2. The van der Waals surface area contributed by atoms with Crippen molar-refractivity contribution in [1.82, 2.24) is 0 Å². The molecule has 0 saturated heterocycles. The number of anilines is 3. The van der Waals surface area contributed by atoms with Crippen molar-refractivity contribution in [1.29, 1.82) is 0 Å². The number of rotatable bonds is 11. The fraction of sp³-hybridized carbons (Fsp3) is 0.538. The number of para-hydroxylation sites is 1. The van der Waals surface area contributed by atoms with Crippen LogP contribution in [0.2, 0.25) is 0 Å². The molecule has 0 heterocycles. The van der Waals surface area contributed by atoms with Gasteiger partial charge in [0.25, 0.3) is 0 Å². The van der Waals surface area contributed by atoms with Crippen LogP contribution < -0.4 is 10.6 Å². The van der Waals surface area contributed by atoms with E-state index in [2.05, 4.69) is 84.8 Å². The Bertz CT molecular complexity index is 710.